The summed E-state index contributed by atoms with van der Waals surface area (Å²) >= 11 is 0. The van der Waals surface area contributed by atoms with Crippen molar-refractivity contribution in [3.8, 4) is 17.3 Å². The Bertz CT molecular complexity index is 627. The Morgan fingerprint density at radius 1 is 1.14 bits per heavy atom. The number of pyridine rings is 1. The van der Waals surface area contributed by atoms with Gasteiger partial charge >= 0.3 is 0 Å². The number of anilines is 2. The predicted octanol–water partition coefficient (Wildman–Crippen LogP) is 1.51. The average molecular weight is 286 g/mol. The highest BCUT2D eigenvalue weighted by atomic mass is 16.5. The van der Waals surface area contributed by atoms with E-state index in [1.165, 1.54) is 6.42 Å². The molecule has 21 heavy (non-hydrogen) atoms. The number of nitrogens with two attached hydrogens (primary N) is 1. The Morgan fingerprint density at radius 2 is 1.95 bits per heavy atom. The van der Waals surface area contributed by atoms with Gasteiger partial charge in [-0.15, -0.1) is 0 Å². The van der Waals surface area contributed by atoms with Gasteiger partial charge in [-0.05, 0) is 25.3 Å². The number of hydrogen-bond acceptors (Lipinski definition) is 7. The molecule has 0 amide bonds. The zero-order valence-corrected chi connectivity index (χ0v) is 12.0. The maximum absolute atomic E-state index is 5.84. The lowest BCUT2D eigenvalue weighted by atomic mass is 10.1. The van der Waals surface area contributed by atoms with E-state index in [0.717, 1.165) is 31.5 Å². The summed E-state index contributed by atoms with van der Waals surface area (Å²) < 4.78 is 5.13. The molecule has 1 aliphatic rings. The minimum Gasteiger partial charge on any atom is -0.481 e. The van der Waals surface area contributed by atoms with E-state index in [1.54, 1.807) is 19.4 Å². The maximum Gasteiger partial charge on any atom is 0.230 e. The molecule has 0 unspecified atom stereocenters. The largest absolute Gasteiger partial charge is 0.481 e. The van der Waals surface area contributed by atoms with Crippen molar-refractivity contribution in [3.05, 3.63) is 18.3 Å². The smallest absolute Gasteiger partial charge is 0.230 e. The van der Waals surface area contributed by atoms with Gasteiger partial charge in [0.25, 0.3) is 0 Å². The molecule has 7 nitrogen and oxygen atoms in total. The second-order valence-corrected chi connectivity index (χ2v) is 4.95. The highest BCUT2D eigenvalue weighted by Gasteiger charge is 2.16. The third-order valence-electron chi connectivity index (χ3n) is 3.48. The van der Waals surface area contributed by atoms with Crippen LogP contribution in [0.2, 0.25) is 0 Å². The number of nitrogen functional groups attached to an aromatic ring is 1. The molecule has 1 saturated heterocycles. The van der Waals surface area contributed by atoms with E-state index in [2.05, 4.69) is 24.8 Å². The Morgan fingerprint density at radius 3 is 2.71 bits per heavy atom. The molecule has 0 radical (unpaired) electrons. The molecule has 2 N–H and O–H groups in total. The van der Waals surface area contributed by atoms with Gasteiger partial charge in [-0.2, -0.15) is 15.0 Å². The lowest BCUT2D eigenvalue weighted by Gasteiger charge is -2.26. The Hall–Kier alpha value is -2.44. The summed E-state index contributed by atoms with van der Waals surface area (Å²) in [6.07, 6.45) is 5.23. The molecule has 0 saturated carbocycles. The normalized spacial score (nSPS) is 15.0. The summed E-state index contributed by atoms with van der Waals surface area (Å²) in [5.41, 5.74) is 6.65. The zero-order chi connectivity index (χ0) is 14.7. The van der Waals surface area contributed by atoms with Crippen LogP contribution in [0.5, 0.6) is 5.88 Å². The van der Waals surface area contributed by atoms with Crippen LogP contribution in [0.4, 0.5) is 11.9 Å². The van der Waals surface area contributed by atoms with Crippen LogP contribution in [-0.2, 0) is 0 Å². The van der Waals surface area contributed by atoms with Crippen LogP contribution in [0, 0.1) is 0 Å². The summed E-state index contributed by atoms with van der Waals surface area (Å²) in [5, 5.41) is 0. The van der Waals surface area contributed by atoms with E-state index in [-0.39, 0.29) is 5.95 Å². The van der Waals surface area contributed by atoms with Gasteiger partial charge in [0.05, 0.1) is 7.11 Å². The van der Waals surface area contributed by atoms with Crippen molar-refractivity contribution in [1.82, 2.24) is 19.9 Å². The molecule has 7 heteroatoms. The molecule has 0 atom stereocenters. The van der Waals surface area contributed by atoms with Crippen LogP contribution in [0.25, 0.3) is 11.4 Å². The lowest BCUT2D eigenvalue weighted by molar-refractivity contribution is 0.398. The molecule has 3 heterocycles. The van der Waals surface area contributed by atoms with Crippen molar-refractivity contribution in [1.29, 1.82) is 0 Å². The molecule has 0 aromatic carbocycles. The van der Waals surface area contributed by atoms with Crippen molar-refractivity contribution in [2.75, 3.05) is 30.8 Å². The van der Waals surface area contributed by atoms with Crippen LogP contribution in [0.15, 0.2) is 18.3 Å². The van der Waals surface area contributed by atoms with E-state index < -0.39 is 0 Å². The second kappa shape index (κ2) is 5.90. The first-order valence-electron chi connectivity index (χ1n) is 7.03. The van der Waals surface area contributed by atoms with Crippen molar-refractivity contribution < 1.29 is 4.74 Å². The number of methoxy groups -OCH3 is 1. The van der Waals surface area contributed by atoms with E-state index in [0.29, 0.717) is 17.7 Å². The van der Waals surface area contributed by atoms with Crippen molar-refractivity contribution in [2.24, 2.45) is 0 Å². The summed E-state index contributed by atoms with van der Waals surface area (Å²) in [6.45, 7) is 1.92. The lowest BCUT2D eigenvalue weighted by Crippen LogP contribution is -2.31. The van der Waals surface area contributed by atoms with Crippen LogP contribution in [-0.4, -0.2) is 40.1 Å². The first kappa shape index (κ1) is 13.5. The van der Waals surface area contributed by atoms with Gasteiger partial charge in [0, 0.05) is 30.9 Å². The summed E-state index contributed by atoms with van der Waals surface area (Å²) in [6, 6.07) is 3.62. The third-order valence-corrected chi connectivity index (χ3v) is 3.48. The Labute approximate surface area is 123 Å². The molecule has 2 aromatic heterocycles. The van der Waals surface area contributed by atoms with Crippen LogP contribution >= 0.6 is 0 Å². The summed E-state index contributed by atoms with van der Waals surface area (Å²) in [4.78, 5) is 19.3. The van der Waals surface area contributed by atoms with Gasteiger partial charge in [-0.1, -0.05) is 0 Å². The highest BCUT2D eigenvalue weighted by Crippen LogP contribution is 2.22. The minimum atomic E-state index is 0.233. The van der Waals surface area contributed by atoms with Gasteiger partial charge in [0.2, 0.25) is 17.8 Å². The maximum atomic E-state index is 5.84. The molecule has 1 fully saturated rings. The van der Waals surface area contributed by atoms with Crippen molar-refractivity contribution in [2.45, 2.75) is 19.3 Å². The fraction of sp³-hybridized carbons (Fsp3) is 0.429. The van der Waals surface area contributed by atoms with Gasteiger partial charge in [0.15, 0.2) is 5.82 Å². The molecule has 0 spiro atoms. The number of rotatable bonds is 3. The number of ether oxygens (including phenoxy) is 1. The van der Waals surface area contributed by atoms with Crippen molar-refractivity contribution >= 4 is 11.9 Å². The first-order chi connectivity index (χ1) is 10.3. The molecule has 0 bridgehead atoms. The Balaban J connectivity index is 1.96. The standard InChI is InChI=1S/C14H18N6O/c1-21-11-9-10(5-6-16-11)12-17-13(15)19-14(18-12)20-7-3-2-4-8-20/h5-6,9H,2-4,7-8H2,1H3,(H2,15,17,18,19). The van der Waals surface area contributed by atoms with Crippen molar-refractivity contribution in [3.63, 3.8) is 0 Å². The minimum absolute atomic E-state index is 0.233. The second-order valence-electron chi connectivity index (χ2n) is 4.95. The third kappa shape index (κ3) is 3.01. The highest BCUT2D eigenvalue weighted by molar-refractivity contribution is 5.58. The topological polar surface area (TPSA) is 90.0 Å². The fourth-order valence-corrected chi connectivity index (χ4v) is 2.41. The predicted molar refractivity (Wildman–Crippen MR) is 80.1 cm³/mol. The number of nitrogens with zero attached hydrogens (tertiary/aromatic N) is 5. The van der Waals surface area contributed by atoms with E-state index >= 15 is 0 Å². The van der Waals surface area contributed by atoms with E-state index in [1.807, 2.05) is 6.07 Å². The van der Waals surface area contributed by atoms with Gasteiger partial charge in [0.1, 0.15) is 0 Å². The van der Waals surface area contributed by atoms with Crippen LogP contribution in [0.3, 0.4) is 0 Å². The number of hydrogen-bond donors (Lipinski definition) is 1. The average Bonchev–Trinajstić information content (AvgIpc) is 2.55. The van der Waals surface area contributed by atoms with E-state index in [9.17, 15) is 0 Å². The molecular weight excluding hydrogens is 268 g/mol. The molecular formula is C14H18N6O. The van der Waals surface area contributed by atoms with Gasteiger partial charge in [-0.25, -0.2) is 4.98 Å². The Kier molecular flexibility index (Phi) is 3.81. The van der Waals surface area contributed by atoms with Crippen LogP contribution in [0.1, 0.15) is 19.3 Å². The number of piperidine rings is 1. The van der Waals surface area contributed by atoms with Crippen LogP contribution < -0.4 is 15.4 Å². The molecule has 3 rings (SSSR count). The van der Waals surface area contributed by atoms with E-state index in [4.69, 9.17) is 10.5 Å². The molecule has 0 aliphatic carbocycles. The number of aromatic nitrogens is 4. The fourth-order valence-electron chi connectivity index (χ4n) is 2.41. The molecule has 110 valence electrons. The molecule has 1 aliphatic heterocycles. The SMILES string of the molecule is COc1cc(-c2nc(N)nc(N3CCCCC3)n2)ccn1. The van der Waals surface area contributed by atoms with Gasteiger partial charge < -0.3 is 15.4 Å². The molecule has 2 aromatic rings. The summed E-state index contributed by atoms with van der Waals surface area (Å²) in [5.74, 6) is 1.94. The zero-order valence-electron chi connectivity index (χ0n) is 12.0. The van der Waals surface area contributed by atoms with Gasteiger partial charge in [-0.3, -0.25) is 0 Å². The summed E-state index contributed by atoms with van der Waals surface area (Å²) in [7, 11) is 1.58. The first-order valence-corrected chi connectivity index (χ1v) is 7.03. The monoisotopic (exact) mass is 286 g/mol. The quantitative estimate of drug-likeness (QED) is 0.914.